The van der Waals surface area contributed by atoms with E-state index in [1.807, 2.05) is 12.1 Å². The number of aliphatic hydroxyl groups excluding tert-OH is 1. The predicted octanol–water partition coefficient (Wildman–Crippen LogP) is 2.40. The quantitative estimate of drug-likeness (QED) is 0.768. The van der Waals surface area contributed by atoms with Crippen LogP contribution >= 0.6 is 0 Å². The van der Waals surface area contributed by atoms with E-state index in [0.29, 0.717) is 5.56 Å². The highest BCUT2D eigenvalue weighted by Crippen LogP contribution is 2.21. The molecule has 0 aliphatic carbocycles. The molecule has 0 fully saturated rings. The SMILES string of the molecule is CC(C)(C)c1ccc(C(=O)O)cc1.CC(N)C(C)O. The smallest absolute Gasteiger partial charge is 0.335 e. The molecule has 1 rings (SSSR count). The van der Waals surface area contributed by atoms with Gasteiger partial charge in [0.05, 0.1) is 11.7 Å². The third-order valence-corrected chi connectivity index (χ3v) is 2.76. The van der Waals surface area contributed by atoms with Crippen molar-refractivity contribution in [1.82, 2.24) is 0 Å². The molecule has 1 aromatic rings. The number of rotatable bonds is 2. The number of nitrogens with two attached hydrogens (primary N) is 1. The summed E-state index contributed by atoms with van der Waals surface area (Å²) >= 11 is 0. The Hall–Kier alpha value is -1.39. The fourth-order valence-corrected chi connectivity index (χ4v) is 1.11. The minimum Gasteiger partial charge on any atom is -0.478 e. The van der Waals surface area contributed by atoms with Crippen molar-refractivity contribution in [2.75, 3.05) is 0 Å². The second-order valence-corrected chi connectivity index (χ2v) is 5.73. The molecule has 0 spiro atoms. The number of carboxylic acids is 1. The third kappa shape index (κ3) is 6.94. The topological polar surface area (TPSA) is 83.5 Å². The molecule has 4 nitrogen and oxygen atoms in total. The van der Waals surface area contributed by atoms with Crippen LogP contribution in [0.5, 0.6) is 0 Å². The Kier molecular flexibility index (Phi) is 6.73. The molecule has 0 saturated heterocycles. The van der Waals surface area contributed by atoms with Gasteiger partial charge in [0.15, 0.2) is 0 Å². The van der Waals surface area contributed by atoms with Crippen LogP contribution in [0.4, 0.5) is 0 Å². The average Bonchev–Trinajstić information content (AvgIpc) is 2.28. The molecule has 0 amide bonds. The van der Waals surface area contributed by atoms with Gasteiger partial charge in [0, 0.05) is 6.04 Å². The van der Waals surface area contributed by atoms with Gasteiger partial charge < -0.3 is 15.9 Å². The van der Waals surface area contributed by atoms with E-state index in [9.17, 15) is 4.79 Å². The Balaban J connectivity index is 0.000000459. The molecule has 4 heteroatoms. The standard InChI is InChI=1S/C11H14O2.C4H11NO/c1-11(2,3)9-6-4-8(5-7-9)10(12)13;1-3(5)4(2)6/h4-7H,1-3H3,(H,12,13);3-4,6H,5H2,1-2H3. The van der Waals surface area contributed by atoms with Gasteiger partial charge in [-0.15, -0.1) is 0 Å². The van der Waals surface area contributed by atoms with Crippen LogP contribution in [-0.2, 0) is 5.41 Å². The second-order valence-electron chi connectivity index (χ2n) is 5.73. The molecular formula is C15H25NO3. The minimum atomic E-state index is -0.875. The highest BCUT2D eigenvalue weighted by molar-refractivity contribution is 5.87. The molecule has 4 N–H and O–H groups in total. The number of hydrogen-bond donors (Lipinski definition) is 3. The van der Waals surface area contributed by atoms with Gasteiger partial charge in [-0.2, -0.15) is 0 Å². The summed E-state index contributed by atoms with van der Waals surface area (Å²) in [5.41, 5.74) is 6.76. The van der Waals surface area contributed by atoms with Crippen molar-refractivity contribution in [3.05, 3.63) is 35.4 Å². The van der Waals surface area contributed by atoms with Crippen molar-refractivity contribution < 1.29 is 15.0 Å². The first-order valence-corrected chi connectivity index (χ1v) is 6.33. The van der Waals surface area contributed by atoms with Crippen molar-refractivity contribution in [3.8, 4) is 0 Å². The van der Waals surface area contributed by atoms with Crippen LogP contribution in [0.15, 0.2) is 24.3 Å². The summed E-state index contributed by atoms with van der Waals surface area (Å²) in [6, 6.07) is 6.92. The molecule has 1 aromatic carbocycles. The lowest BCUT2D eigenvalue weighted by molar-refractivity contribution is 0.0697. The summed E-state index contributed by atoms with van der Waals surface area (Å²) in [4.78, 5) is 10.6. The van der Waals surface area contributed by atoms with Crippen LogP contribution in [0, 0.1) is 0 Å². The average molecular weight is 267 g/mol. The highest BCUT2D eigenvalue weighted by Gasteiger charge is 2.13. The summed E-state index contributed by atoms with van der Waals surface area (Å²) in [5, 5.41) is 17.2. The van der Waals surface area contributed by atoms with Gasteiger partial charge in [-0.05, 0) is 37.0 Å². The zero-order chi connectivity index (χ0) is 15.2. The summed E-state index contributed by atoms with van der Waals surface area (Å²) in [6.45, 7) is 9.74. The van der Waals surface area contributed by atoms with E-state index < -0.39 is 5.97 Å². The maximum absolute atomic E-state index is 10.6. The fraction of sp³-hybridized carbons (Fsp3) is 0.533. The van der Waals surface area contributed by atoms with Crippen molar-refractivity contribution in [2.45, 2.75) is 52.2 Å². The monoisotopic (exact) mass is 267 g/mol. The zero-order valence-electron chi connectivity index (χ0n) is 12.3. The molecule has 19 heavy (non-hydrogen) atoms. The van der Waals surface area contributed by atoms with Crippen LogP contribution < -0.4 is 5.73 Å². The summed E-state index contributed by atoms with van der Waals surface area (Å²) in [6.07, 6.45) is -0.370. The van der Waals surface area contributed by atoms with E-state index in [-0.39, 0.29) is 17.6 Å². The number of aromatic carboxylic acids is 1. The van der Waals surface area contributed by atoms with Gasteiger partial charge in [0.2, 0.25) is 0 Å². The lowest BCUT2D eigenvalue weighted by Crippen LogP contribution is -2.28. The van der Waals surface area contributed by atoms with E-state index in [1.165, 1.54) is 0 Å². The molecule has 2 atom stereocenters. The number of hydrogen-bond acceptors (Lipinski definition) is 3. The van der Waals surface area contributed by atoms with Crippen LogP contribution in [0.25, 0.3) is 0 Å². The van der Waals surface area contributed by atoms with Crippen molar-refractivity contribution >= 4 is 5.97 Å². The highest BCUT2D eigenvalue weighted by atomic mass is 16.4. The molecule has 0 aliphatic rings. The fourth-order valence-electron chi connectivity index (χ4n) is 1.11. The van der Waals surface area contributed by atoms with Crippen molar-refractivity contribution in [1.29, 1.82) is 0 Å². The van der Waals surface area contributed by atoms with Crippen LogP contribution in [0.2, 0.25) is 0 Å². The van der Waals surface area contributed by atoms with E-state index >= 15 is 0 Å². The first kappa shape index (κ1) is 17.6. The van der Waals surface area contributed by atoms with Gasteiger partial charge in [0.1, 0.15) is 0 Å². The van der Waals surface area contributed by atoms with Gasteiger partial charge in [-0.3, -0.25) is 0 Å². The first-order valence-electron chi connectivity index (χ1n) is 6.33. The van der Waals surface area contributed by atoms with Gasteiger partial charge >= 0.3 is 5.97 Å². The van der Waals surface area contributed by atoms with E-state index in [0.717, 1.165) is 5.56 Å². The normalized spacial score (nSPS) is 14.1. The summed E-state index contributed by atoms with van der Waals surface area (Å²) < 4.78 is 0. The Labute approximate surface area is 115 Å². The minimum absolute atomic E-state index is 0.0804. The van der Waals surface area contributed by atoms with E-state index in [1.54, 1.807) is 26.0 Å². The second kappa shape index (κ2) is 7.26. The van der Waals surface area contributed by atoms with Gasteiger partial charge in [0.25, 0.3) is 0 Å². The number of carboxylic acid groups (broad SMARTS) is 1. The molecular weight excluding hydrogens is 242 g/mol. The molecule has 0 bridgehead atoms. The summed E-state index contributed by atoms with van der Waals surface area (Å²) in [5.74, 6) is -0.875. The zero-order valence-corrected chi connectivity index (χ0v) is 12.3. The van der Waals surface area contributed by atoms with Crippen molar-refractivity contribution in [2.24, 2.45) is 5.73 Å². The Morgan fingerprint density at radius 1 is 1.16 bits per heavy atom. The van der Waals surface area contributed by atoms with E-state index in [4.69, 9.17) is 15.9 Å². The number of aliphatic hydroxyl groups is 1. The molecule has 0 aliphatic heterocycles. The molecule has 0 heterocycles. The molecule has 2 unspecified atom stereocenters. The van der Waals surface area contributed by atoms with Crippen LogP contribution in [0.3, 0.4) is 0 Å². The maximum atomic E-state index is 10.6. The predicted molar refractivity (Wildman–Crippen MR) is 77.4 cm³/mol. The number of carbonyl (C=O) groups is 1. The lowest BCUT2D eigenvalue weighted by Gasteiger charge is -2.18. The lowest BCUT2D eigenvalue weighted by atomic mass is 9.87. The number of benzene rings is 1. The molecule has 0 aromatic heterocycles. The molecule has 108 valence electrons. The largest absolute Gasteiger partial charge is 0.478 e. The Morgan fingerprint density at radius 3 is 1.74 bits per heavy atom. The van der Waals surface area contributed by atoms with E-state index in [2.05, 4.69) is 20.8 Å². The third-order valence-electron chi connectivity index (χ3n) is 2.76. The molecule has 0 saturated carbocycles. The maximum Gasteiger partial charge on any atom is 0.335 e. The Morgan fingerprint density at radius 2 is 1.53 bits per heavy atom. The van der Waals surface area contributed by atoms with Crippen LogP contribution in [0.1, 0.15) is 50.5 Å². The first-order chi connectivity index (χ1) is 8.55. The van der Waals surface area contributed by atoms with Gasteiger partial charge in [-0.1, -0.05) is 32.9 Å². The Bertz CT molecular complexity index is 383. The summed E-state index contributed by atoms with van der Waals surface area (Å²) in [7, 11) is 0. The van der Waals surface area contributed by atoms with Gasteiger partial charge in [-0.25, -0.2) is 4.79 Å². The van der Waals surface area contributed by atoms with Crippen molar-refractivity contribution in [3.63, 3.8) is 0 Å². The molecule has 0 radical (unpaired) electrons. The van der Waals surface area contributed by atoms with Crippen LogP contribution in [-0.4, -0.2) is 28.3 Å².